The summed E-state index contributed by atoms with van der Waals surface area (Å²) in [5.74, 6) is 0. The number of aliphatic hydroxyl groups excluding tert-OH is 2. The first-order valence-electron chi connectivity index (χ1n) is 6.53. The van der Waals surface area contributed by atoms with Gasteiger partial charge in [0.15, 0.2) is 6.29 Å². The van der Waals surface area contributed by atoms with E-state index in [1.807, 2.05) is 0 Å². The molecule has 0 spiro atoms. The Labute approximate surface area is 98.9 Å². The lowest BCUT2D eigenvalue weighted by molar-refractivity contribution is -0.120. The Bertz CT molecular complexity index is 159. The SMILES string of the molecule is CCCCCCCCCCC(O)C(O)C=O. The molecule has 3 heteroatoms. The highest BCUT2D eigenvalue weighted by molar-refractivity contribution is 5.56. The molecule has 0 aliphatic rings. The minimum Gasteiger partial charge on any atom is -0.390 e. The molecule has 2 unspecified atom stereocenters. The molecule has 0 heterocycles. The molecule has 2 N–H and O–H groups in total. The molecule has 0 saturated heterocycles. The third-order valence-electron chi connectivity index (χ3n) is 2.89. The smallest absolute Gasteiger partial charge is 0.151 e. The summed E-state index contributed by atoms with van der Waals surface area (Å²) >= 11 is 0. The Morgan fingerprint density at radius 1 is 0.938 bits per heavy atom. The van der Waals surface area contributed by atoms with Crippen molar-refractivity contribution in [2.24, 2.45) is 0 Å². The van der Waals surface area contributed by atoms with Crippen LogP contribution in [0.2, 0.25) is 0 Å². The first-order chi connectivity index (χ1) is 7.72. The number of aldehydes is 1. The van der Waals surface area contributed by atoms with Crippen molar-refractivity contribution in [3.05, 3.63) is 0 Å². The standard InChI is InChI=1S/C13H26O3/c1-2-3-4-5-6-7-8-9-10-12(15)13(16)11-14/h11-13,15-16H,2-10H2,1H3. The van der Waals surface area contributed by atoms with E-state index in [-0.39, 0.29) is 0 Å². The summed E-state index contributed by atoms with van der Waals surface area (Å²) in [6.45, 7) is 2.21. The predicted octanol–water partition coefficient (Wildman–Crippen LogP) is 2.44. The van der Waals surface area contributed by atoms with Crippen LogP contribution < -0.4 is 0 Å². The fourth-order valence-electron chi connectivity index (χ4n) is 1.75. The second-order valence-corrected chi connectivity index (χ2v) is 4.46. The first kappa shape index (κ1) is 15.6. The van der Waals surface area contributed by atoms with Crippen molar-refractivity contribution in [1.29, 1.82) is 0 Å². The zero-order chi connectivity index (χ0) is 12.2. The van der Waals surface area contributed by atoms with Gasteiger partial charge in [0.05, 0.1) is 6.10 Å². The van der Waals surface area contributed by atoms with Crippen molar-refractivity contribution in [3.63, 3.8) is 0 Å². The monoisotopic (exact) mass is 230 g/mol. The lowest BCUT2D eigenvalue weighted by Crippen LogP contribution is -2.26. The van der Waals surface area contributed by atoms with Crippen LogP contribution in [-0.2, 0) is 4.79 Å². The number of carbonyl (C=O) groups excluding carboxylic acids is 1. The van der Waals surface area contributed by atoms with E-state index in [1.165, 1.54) is 38.5 Å². The van der Waals surface area contributed by atoms with Gasteiger partial charge in [0.2, 0.25) is 0 Å². The molecule has 0 aromatic heterocycles. The van der Waals surface area contributed by atoms with Crippen LogP contribution in [0.3, 0.4) is 0 Å². The summed E-state index contributed by atoms with van der Waals surface area (Å²) in [6.07, 6.45) is 8.47. The fourth-order valence-corrected chi connectivity index (χ4v) is 1.75. The normalized spacial score (nSPS) is 14.7. The van der Waals surface area contributed by atoms with Crippen molar-refractivity contribution in [2.45, 2.75) is 76.9 Å². The molecule has 3 nitrogen and oxygen atoms in total. The molecule has 0 bridgehead atoms. The highest BCUT2D eigenvalue weighted by Gasteiger charge is 2.13. The van der Waals surface area contributed by atoms with Gasteiger partial charge in [0.25, 0.3) is 0 Å². The molecule has 16 heavy (non-hydrogen) atoms. The molecule has 0 saturated carbocycles. The molecule has 0 amide bonds. The zero-order valence-corrected chi connectivity index (χ0v) is 10.4. The number of rotatable bonds is 11. The minimum absolute atomic E-state index is 0.398. The van der Waals surface area contributed by atoms with Crippen molar-refractivity contribution in [3.8, 4) is 0 Å². The average Bonchev–Trinajstić information content (AvgIpc) is 2.31. The van der Waals surface area contributed by atoms with Crippen LogP contribution in [0.1, 0.15) is 64.7 Å². The predicted molar refractivity (Wildman–Crippen MR) is 65.3 cm³/mol. The second-order valence-electron chi connectivity index (χ2n) is 4.46. The fraction of sp³-hybridized carbons (Fsp3) is 0.923. The van der Waals surface area contributed by atoms with Gasteiger partial charge in [-0.15, -0.1) is 0 Å². The second kappa shape index (κ2) is 11.1. The maximum Gasteiger partial charge on any atom is 0.151 e. The molecule has 0 aliphatic heterocycles. The van der Waals surface area contributed by atoms with Gasteiger partial charge >= 0.3 is 0 Å². The number of hydrogen-bond donors (Lipinski definition) is 2. The summed E-state index contributed by atoms with van der Waals surface area (Å²) in [5.41, 5.74) is 0. The van der Waals surface area contributed by atoms with Crippen LogP contribution in [0.15, 0.2) is 0 Å². The number of aliphatic hydroxyl groups is 2. The lowest BCUT2D eigenvalue weighted by atomic mass is 10.0. The Morgan fingerprint density at radius 2 is 1.44 bits per heavy atom. The summed E-state index contributed by atoms with van der Waals surface area (Å²) in [5, 5.41) is 18.3. The van der Waals surface area contributed by atoms with Crippen LogP contribution in [0.4, 0.5) is 0 Å². The van der Waals surface area contributed by atoms with Gasteiger partial charge in [0, 0.05) is 0 Å². The minimum atomic E-state index is -1.20. The van der Waals surface area contributed by atoms with Gasteiger partial charge in [-0.1, -0.05) is 58.3 Å². The Balaban J connectivity index is 3.17. The van der Waals surface area contributed by atoms with Crippen LogP contribution in [0, 0.1) is 0 Å². The van der Waals surface area contributed by atoms with E-state index in [0.29, 0.717) is 12.7 Å². The molecule has 0 aromatic rings. The molecule has 96 valence electrons. The van der Waals surface area contributed by atoms with E-state index in [1.54, 1.807) is 0 Å². The molecule has 0 rings (SSSR count). The molecule has 0 radical (unpaired) electrons. The molecule has 0 aliphatic carbocycles. The van der Waals surface area contributed by atoms with Crippen LogP contribution in [-0.4, -0.2) is 28.7 Å². The van der Waals surface area contributed by atoms with Gasteiger partial charge in [-0.2, -0.15) is 0 Å². The maximum atomic E-state index is 10.2. The van der Waals surface area contributed by atoms with Gasteiger partial charge in [-0.25, -0.2) is 0 Å². The van der Waals surface area contributed by atoms with Crippen molar-refractivity contribution in [1.82, 2.24) is 0 Å². The highest BCUT2D eigenvalue weighted by Crippen LogP contribution is 2.11. The highest BCUT2D eigenvalue weighted by atomic mass is 16.3. The van der Waals surface area contributed by atoms with Crippen molar-refractivity contribution < 1.29 is 15.0 Å². The molecular formula is C13H26O3. The van der Waals surface area contributed by atoms with E-state index in [4.69, 9.17) is 5.11 Å². The molecule has 0 fully saturated rings. The Kier molecular flexibility index (Phi) is 10.8. The quantitative estimate of drug-likeness (QED) is 0.423. The third-order valence-corrected chi connectivity index (χ3v) is 2.89. The van der Waals surface area contributed by atoms with Gasteiger partial charge < -0.3 is 15.0 Å². The molecule has 2 atom stereocenters. The molecular weight excluding hydrogens is 204 g/mol. The van der Waals surface area contributed by atoms with E-state index in [2.05, 4.69) is 6.92 Å². The Hall–Kier alpha value is -0.410. The van der Waals surface area contributed by atoms with Crippen LogP contribution >= 0.6 is 0 Å². The van der Waals surface area contributed by atoms with Gasteiger partial charge in [-0.05, 0) is 6.42 Å². The Morgan fingerprint density at radius 3 is 1.94 bits per heavy atom. The average molecular weight is 230 g/mol. The number of hydrogen-bond acceptors (Lipinski definition) is 3. The van der Waals surface area contributed by atoms with Gasteiger partial charge in [-0.3, -0.25) is 0 Å². The van der Waals surface area contributed by atoms with E-state index in [9.17, 15) is 9.90 Å². The first-order valence-corrected chi connectivity index (χ1v) is 6.53. The van der Waals surface area contributed by atoms with Gasteiger partial charge in [0.1, 0.15) is 6.10 Å². The topological polar surface area (TPSA) is 57.5 Å². The third kappa shape index (κ3) is 8.86. The maximum absolute atomic E-state index is 10.2. The summed E-state index contributed by atoms with van der Waals surface area (Å²) in [7, 11) is 0. The van der Waals surface area contributed by atoms with Crippen LogP contribution in [0.25, 0.3) is 0 Å². The summed E-state index contributed by atoms with van der Waals surface area (Å²) < 4.78 is 0. The summed E-state index contributed by atoms with van der Waals surface area (Å²) in [6, 6.07) is 0. The zero-order valence-electron chi connectivity index (χ0n) is 10.4. The molecule has 0 aromatic carbocycles. The van der Waals surface area contributed by atoms with E-state index in [0.717, 1.165) is 12.8 Å². The number of unbranched alkanes of at least 4 members (excludes halogenated alkanes) is 7. The van der Waals surface area contributed by atoms with E-state index < -0.39 is 12.2 Å². The van der Waals surface area contributed by atoms with Crippen LogP contribution in [0.5, 0.6) is 0 Å². The summed E-state index contributed by atoms with van der Waals surface area (Å²) in [4.78, 5) is 10.2. The van der Waals surface area contributed by atoms with Crippen molar-refractivity contribution >= 4 is 6.29 Å². The largest absolute Gasteiger partial charge is 0.390 e. The van der Waals surface area contributed by atoms with Crippen molar-refractivity contribution in [2.75, 3.05) is 0 Å². The number of carbonyl (C=O) groups is 1. The van der Waals surface area contributed by atoms with E-state index >= 15 is 0 Å². The lowest BCUT2D eigenvalue weighted by Gasteiger charge is -2.11.